The first kappa shape index (κ1) is 73.6. The summed E-state index contributed by atoms with van der Waals surface area (Å²) in [5.74, 6) is -0.148. The summed E-state index contributed by atoms with van der Waals surface area (Å²) in [6.07, 6.45) is 86.5. The fourth-order valence-electron chi connectivity index (χ4n) is 11.0. The van der Waals surface area contributed by atoms with E-state index in [2.05, 4.69) is 55.6 Å². The van der Waals surface area contributed by atoms with Crippen LogP contribution >= 0.6 is 0 Å². The molecule has 0 aliphatic heterocycles. The maximum atomic E-state index is 12.6. The molecule has 0 spiro atoms. The van der Waals surface area contributed by atoms with Crippen LogP contribution in [0.25, 0.3) is 0 Å². The zero-order valence-corrected chi connectivity index (χ0v) is 51.0. The molecule has 0 aromatic carbocycles. The van der Waals surface area contributed by atoms with Crippen molar-refractivity contribution in [1.29, 1.82) is 0 Å². The summed E-state index contributed by atoms with van der Waals surface area (Å²) < 4.78 is 0. The third-order valence-corrected chi connectivity index (χ3v) is 16.2. The Labute approximate surface area is 470 Å². The van der Waals surface area contributed by atoms with E-state index in [1.54, 1.807) is 0 Å². The Morgan fingerprint density at radius 2 is 0.573 bits per heavy atom. The minimum absolute atomic E-state index is 0.148. The molecule has 5 heteroatoms. The van der Waals surface area contributed by atoms with E-state index < -0.39 is 18.2 Å². The van der Waals surface area contributed by atoms with Gasteiger partial charge >= 0.3 is 0 Å². The molecule has 4 N–H and O–H groups in total. The average molecular weight is 1050 g/mol. The van der Waals surface area contributed by atoms with Crippen LogP contribution in [0.1, 0.15) is 380 Å². The molecule has 0 bridgehead atoms. The maximum absolute atomic E-state index is 12.6. The monoisotopic (exact) mass is 1050 g/mol. The molecule has 0 aromatic rings. The Bertz CT molecular complexity index is 1170. The highest BCUT2D eigenvalue weighted by molar-refractivity contribution is 5.76. The van der Waals surface area contributed by atoms with E-state index in [1.165, 1.54) is 308 Å². The number of carbonyl (C=O) groups excluding carboxylic acids is 1. The number of hydrogen-bond donors (Lipinski definition) is 4. The Morgan fingerprint density at radius 3 is 0.853 bits per heavy atom. The normalized spacial score (nSPS) is 13.3. The van der Waals surface area contributed by atoms with Gasteiger partial charge in [-0.3, -0.25) is 4.79 Å². The first-order chi connectivity index (χ1) is 37.1. The lowest BCUT2D eigenvalue weighted by atomic mass is 10.0. The summed E-state index contributed by atoms with van der Waals surface area (Å²) in [5.41, 5.74) is 0. The lowest BCUT2D eigenvalue weighted by Gasteiger charge is -2.26. The van der Waals surface area contributed by atoms with Crippen LogP contribution in [0.2, 0.25) is 0 Å². The number of unbranched alkanes of at least 4 members (excludes halogenated alkanes) is 50. The Kier molecular flexibility index (Phi) is 63.8. The average Bonchev–Trinajstić information content (AvgIpc) is 3.41. The molecule has 0 saturated carbocycles. The van der Waals surface area contributed by atoms with Crippen molar-refractivity contribution in [1.82, 2.24) is 5.32 Å². The maximum Gasteiger partial charge on any atom is 0.220 e. The van der Waals surface area contributed by atoms with Gasteiger partial charge < -0.3 is 20.6 Å². The van der Waals surface area contributed by atoms with E-state index in [0.717, 1.165) is 44.9 Å². The van der Waals surface area contributed by atoms with E-state index in [4.69, 9.17) is 0 Å². The second-order valence-electron chi connectivity index (χ2n) is 23.7. The van der Waals surface area contributed by atoms with Crippen LogP contribution in [0.3, 0.4) is 0 Å². The van der Waals surface area contributed by atoms with E-state index in [-0.39, 0.29) is 12.5 Å². The van der Waals surface area contributed by atoms with Crippen LogP contribution in [-0.2, 0) is 4.79 Å². The van der Waals surface area contributed by atoms with Gasteiger partial charge in [-0.25, -0.2) is 0 Å². The van der Waals surface area contributed by atoms with E-state index in [9.17, 15) is 20.1 Å². The van der Waals surface area contributed by atoms with Crippen LogP contribution in [0.4, 0.5) is 0 Å². The van der Waals surface area contributed by atoms with Crippen molar-refractivity contribution >= 4 is 5.91 Å². The molecule has 0 rings (SSSR count). The Morgan fingerprint density at radius 1 is 0.333 bits per heavy atom. The lowest BCUT2D eigenvalue weighted by molar-refractivity contribution is -0.124. The second-order valence-corrected chi connectivity index (χ2v) is 23.7. The third-order valence-electron chi connectivity index (χ3n) is 16.2. The van der Waals surface area contributed by atoms with Gasteiger partial charge in [-0.05, 0) is 70.6 Å². The number of aliphatic hydroxyl groups excluding tert-OH is 3. The largest absolute Gasteiger partial charge is 0.394 e. The Balaban J connectivity index is 3.49. The molecule has 75 heavy (non-hydrogen) atoms. The minimum Gasteiger partial charge on any atom is -0.394 e. The summed E-state index contributed by atoms with van der Waals surface area (Å²) in [6.45, 7) is 4.22. The zero-order chi connectivity index (χ0) is 54.3. The number of amides is 1. The standard InChI is InChI=1S/C70H135NO4/c1-3-5-7-9-11-13-15-17-19-21-23-25-27-29-30-31-32-33-34-35-36-37-38-39-40-41-43-45-47-49-51-53-55-57-59-61-63-65-69(74)71-67(66-72)70(75)68(73)64-62-60-58-56-54-52-50-48-46-44-42-28-26-24-22-20-18-16-14-12-10-8-6-4-2/h30-31,33-34,56,58,67-68,70,72-73,75H,3-29,32,35-55,57,59-66H2,1-2H3,(H,71,74)/b31-30-,34-33-,58-56+. The van der Waals surface area contributed by atoms with Gasteiger partial charge in [0.1, 0.15) is 6.10 Å². The highest BCUT2D eigenvalue weighted by Crippen LogP contribution is 2.19. The van der Waals surface area contributed by atoms with E-state index in [0.29, 0.717) is 12.8 Å². The molecule has 444 valence electrons. The minimum atomic E-state index is -1.16. The van der Waals surface area contributed by atoms with Crippen molar-refractivity contribution in [3.8, 4) is 0 Å². The molecule has 1 amide bonds. The summed E-state index contributed by atoms with van der Waals surface area (Å²) in [7, 11) is 0. The van der Waals surface area contributed by atoms with Crippen molar-refractivity contribution < 1.29 is 20.1 Å². The van der Waals surface area contributed by atoms with E-state index in [1.807, 2.05) is 0 Å². The highest BCUT2D eigenvalue weighted by Gasteiger charge is 2.26. The molecule has 0 radical (unpaired) electrons. The van der Waals surface area contributed by atoms with Gasteiger partial charge in [0.05, 0.1) is 18.8 Å². The molecule has 0 saturated heterocycles. The molecule has 0 aromatic heterocycles. The summed E-state index contributed by atoms with van der Waals surface area (Å²) in [5, 5.41) is 33.9. The smallest absolute Gasteiger partial charge is 0.220 e. The van der Waals surface area contributed by atoms with Crippen molar-refractivity contribution in [2.45, 2.75) is 398 Å². The number of aliphatic hydroxyl groups is 3. The SMILES string of the molecule is CCCCCCCCCCCCCCC/C=C\C/C=C\CCCCCCCCCCCCCCCCCCCC(=O)NC(CO)C(O)C(O)CCC/C=C/CCCCCCCCCCCCCCCCCCCCC. The van der Waals surface area contributed by atoms with Gasteiger partial charge in [0, 0.05) is 6.42 Å². The van der Waals surface area contributed by atoms with Crippen LogP contribution in [-0.4, -0.2) is 46.1 Å². The van der Waals surface area contributed by atoms with Crippen LogP contribution in [0.15, 0.2) is 36.5 Å². The van der Waals surface area contributed by atoms with Crippen LogP contribution in [0, 0.1) is 0 Å². The van der Waals surface area contributed by atoms with Gasteiger partial charge in [0.2, 0.25) is 5.91 Å². The number of nitrogens with one attached hydrogen (secondary N) is 1. The molecule has 3 unspecified atom stereocenters. The first-order valence-corrected chi connectivity index (χ1v) is 34.3. The predicted octanol–water partition coefficient (Wildman–Crippen LogP) is 22.1. The first-order valence-electron chi connectivity index (χ1n) is 34.3. The molecule has 0 fully saturated rings. The summed E-state index contributed by atoms with van der Waals surface area (Å²) in [6, 6.07) is -0.827. The zero-order valence-electron chi connectivity index (χ0n) is 51.0. The molecule has 5 nitrogen and oxygen atoms in total. The molecule has 0 aliphatic carbocycles. The summed E-state index contributed by atoms with van der Waals surface area (Å²) >= 11 is 0. The molecular weight excluding hydrogens is 919 g/mol. The second kappa shape index (κ2) is 65.1. The van der Waals surface area contributed by atoms with Crippen molar-refractivity contribution in [2.24, 2.45) is 0 Å². The van der Waals surface area contributed by atoms with Gasteiger partial charge in [-0.1, -0.05) is 339 Å². The summed E-state index contributed by atoms with van der Waals surface area (Å²) in [4.78, 5) is 12.6. The quantitative estimate of drug-likeness (QED) is 0.0361. The Hall–Kier alpha value is -1.43. The topological polar surface area (TPSA) is 89.8 Å². The number of carbonyl (C=O) groups is 1. The number of hydrogen-bond acceptors (Lipinski definition) is 4. The fraction of sp³-hybridized carbons (Fsp3) is 0.900. The lowest BCUT2D eigenvalue weighted by Crippen LogP contribution is -2.50. The van der Waals surface area contributed by atoms with Gasteiger partial charge in [-0.15, -0.1) is 0 Å². The predicted molar refractivity (Wildman–Crippen MR) is 333 cm³/mol. The molecule has 0 aliphatic rings. The van der Waals surface area contributed by atoms with Crippen molar-refractivity contribution in [2.75, 3.05) is 6.61 Å². The third kappa shape index (κ3) is 60.1. The molecule has 3 atom stereocenters. The van der Waals surface area contributed by atoms with Crippen LogP contribution < -0.4 is 5.32 Å². The van der Waals surface area contributed by atoms with Gasteiger partial charge in [0.25, 0.3) is 0 Å². The van der Waals surface area contributed by atoms with E-state index >= 15 is 0 Å². The highest BCUT2D eigenvalue weighted by atomic mass is 16.3. The van der Waals surface area contributed by atoms with Crippen LogP contribution in [0.5, 0.6) is 0 Å². The molecule has 0 heterocycles. The van der Waals surface area contributed by atoms with Gasteiger partial charge in [0.15, 0.2) is 0 Å². The number of rotatable bonds is 64. The van der Waals surface area contributed by atoms with Gasteiger partial charge in [-0.2, -0.15) is 0 Å². The molecular formula is C70H135NO4. The fourth-order valence-corrected chi connectivity index (χ4v) is 11.0. The van der Waals surface area contributed by atoms with Crippen molar-refractivity contribution in [3.63, 3.8) is 0 Å². The van der Waals surface area contributed by atoms with Crippen molar-refractivity contribution in [3.05, 3.63) is 36.5 Å². The number of allylic oxidation sites excluding steroid dienone is 6.